The molecule has 0 spiro atoms. The van der Waals surface area contributed by atoms with Crippen molar-refractivity contribution in [1.82, 2.24) is 20.2 Å². The van der Waals surface area contributed by atoms with Crippen LogP contribution in [0.4, 0.5) is 11.5 Å². The number of piperazine rings is 1. The molecule has 1 N–H and O–H groups in total. The normalized spacial score (nSPS) is 25.0. The molecule has 7 heteroatoms. The smallest absolute Gasteiger partial charge is 0.318 e. The van der Waals surface area contributed by atoms with E-state index in [0.717, 1.165) is 61.6 Å². The van der Waals surface area contributed by atoms with E-state index >= 15 is 0 Å². The summed E-state index contributed by atoms with van der Waals surface area (Å²) in [4.78, 5) is 17.4. The van der Waals surface area contributed by atoms with E-state index in [0.29, 0.717) is 30.7 Å². The van der Waals surface area contributed by atoms with Gasteiger partial charge in [0.05, 0.1) is 12.2 Å². The second-order valence-corrected chi connectivity index (χ2v) is 11.4. The maximum atomic E-state index is 6.32. The molecule has 2 aromatic carbocycles. The molecule has 1 aromatic heterocycles. The Hall–Kier alpha value is -3.34. The molecule has 0 aliphatic carbocycles. The van der Waals surface area contributed by atoms with Crippen LogP contribution >= 0.6 is 0 Å². The van der Waals surface area contributed by atoms with Crippen LogP contribution in [0.1, 0.15) is 42.5 Å². The summed E-state index contributed by atoms with van der Waals surface area (Å²) in [5.41, 5.74) is 4.48. The van der Waals surface area contributed by atoms with Crippen LogP contribution in [0.15, 0.2) is 36.4 Å². The Morgan fingerprint density at radius 2 is 1.84 bits per heavy atom. The zero-order chi connectivity index (χ0) is 25.6. The second kappa shape index (κ2) is 9.76. The van der Waals surface area contributed by atoms with Crippen LogP contribution in [0.3, 0.4) is 0 Å². The number of aromatic nitrogens is 2. The predicted molar refractivity (Wildman–Crippen MR) is 152 cm³/mol. The van der Waals surface area contributed by atoms with Gasteiger partial charge in [0.2, 0.25) is 0 Å². The first kappa shape index (κ1) is 23.8. The molecule has 3 aromatic rings. The van der Waals surface area contributed by atoms with Crippen molar-refractivity contribution in [2.75, 3.05) is 49.6 Å². The third kappa shape index (κ3) is 4.26. The Morgan fingerprint density at radius 1 is 1.03 bits per heavy atom. The lowest BCUT2D eigenvalue weighted by atomic mass is 9.99. The lowest BCUT2D eigenvalue weighted by Crippen LogP contribution is -2.52. The average Bonchev–Trinajstić information content (AvgIpc) is 3.53. The molecule has 2 unspecified atom stereocenters. The summed E-state index contributed by atoms with van der Waals surface area (Å²) < 4.78 is 6.32. The molecule has 0 amide bonds. The van der Waals surface area contributed by atoms with Crippen LogP contribution in [-0.4, -0.2) is 72.8 Å². The number of ether oxygens (including phenoxy) is 1. The number of likely N-dealkylation sites (N-methyl/N-ethyl adjacent to an activating group) is 1. The molecule has 196 valence electrons. The Kier molecular flexibility index (Phi) is 6.10. The number of likely N-dealkylation sites (tertiary alicyclic amines) is 1. The number of rotatable bonds is 5. The summed E-state index contributed by atoms with van der Waals surface area (Å²) in [5, 5.41) is 6.08. The highest BCUT2D eigenvalue weighted by atomic mass is 16.5. The number of anilines is 2. The zero-order valence-corrected chi connectivity index (χ0v) is 22.2. The molecule has 38 heavy (non-hydrogen) atoms. The molecular weight excluding hydrogens is 472 g/mol. The van der Waals surface area contributed by atoms with Gasteiger partial charge in [0.15, 0.2) is 0 Å². The van der Waals surface area contributed by atoms with Crippen molar-refractivity contribution in [2.45, 2.75) is 56.8 Å². The molecule has 3 atom stereocenters. The van der Waals surface area contributed by atoms with Crippen molar-refractivity contribution >= 4 is 22.3 Å². The van der Waals surface area contributed by atoms with Crippen molar-refractivity contribution < 1.29 is 4.74 Å². The molecule has 5 heterocycles. The van der Waals surface area contributed by atoms with E-state index in [1.165, 1.54) is 42.3 Å². The molecule has 7 nitrogen and oxygen atoms in total. The monoisotopic (exact) mass is 508 g/mol. The fourth-order valence-corrected chi connectivity index (χ4v) is 6.96. The largest absolute Gasteiger partial charge is 0.462 e. The summed E-state index contributed by atoms with van der Waals surface area (Å²) in [6, 6.07) is 14.7. The van der Waals surface area contributed by atoms with Crippen LogP contribution in [0.2, 0.25) is 0 Å². The van der Waals surface area contributed by atoms with E-state index < -0.39 is 0 Å². The van der Waals surface area contributed by atoms with Crippen LogP contribution in [0.25, 0.3) is 10.8 Å². The highest BCUT2D eigenvalue weighted by molar-refractivity contribution is 5.98. The van der Waals surface area contributed by atoms with Gasteiger partial charge in [-0.1, -0.05) is 30.2 Å². The number of fused-ring (bicyclic) bond motifs is 4. The Morgan fingerprint density at radius 3 is 2.61 bits per heavy atom. The minimum Gasteiger partial charge on any atom is -0.462 e. The minimum atomic E-state index is 0.433. The number of benzene rings is 2. The first-order valence-electron chi connectivity index (χ1n) is 14.1. The van der Waals surface area contributed by atoms with Gasteiger partial charge < -0.3 is 24.8 Å². The molecular formula is C31H36N6O. The van der Waals surface area contributed by atoms with Crippen LogP contribution in [0.5, 0.6) is 6.01 Å². The predicted octanol–water partition coefficient (Wildman–Crippen LogP) is 3.59. The van der Waals surface area contributed by atoms with Gasteiger partial charge in [0.1, 0.15) is 12.4 Å². The number of nitrogens with one attached hydrogen (secondary N) is 1. The third-order valence-electron chi connectivity index (χ3n) is 8.99. The minimum absolute atomic E-state index is 0.433. The molecule has 3 saturated heterocycles. The maximum absolute atomic E-state index is 6.32. The van der Waals surface area contributed by atoms with Crippen molar-refractivity contribution in [2.24, 2.45) is 0 Å². The number of terminal acetylenes is 1. The van der Waals surface area contributed by atoms with Crippen molar-refractivity contribution in [1.29, 1.82) is 0 Å². The van der Waals surface area contributed by atoms with Gasteiger partial charge in [-0.3, -0.25) is 0 Å². The van der Waals surface area contributed by atoms with E-state index in [1.807, 2.05) is 12.1 Å². The summed E-state index contributed by atoms with van der Waals surface area (Å²) in [6.45, 7) is 5.41. The van der Waals surface area contributed by atoms with E-state index in [-0.39, 0.29) is 0 Å². The summed E-state index contributed by atoms with van der Waals surface area (Å²) >= 11 is 0. The van der Waals surface area contributed by atoms with Gasteiger partial charge in [0.25, 0.3) is 0 Å². The molecule has 2 bridgehead atoms. The van der Waals surface area contributed by atoms with E-state index in [9.17, 15) is 0 Å². The third-order valence-corrected chi connectivity index (χ3v) is 8.99. The van der Waals surface area contributed by atoms with E-state index in [4.69, 9.17) is 21.1 Å². The number of nitrogens with zero attached hydrogens (tertiary/aromatic N) is 5. The van der Waals surface area contributed by atoms with Gasteiger partial charge >= 0.3 is 6.01 Å². The van der Waals surface area contributed by atoms with E-state index in [2.05, 4.69) is 57.3 Å². The zero-order valence-electron chi connectivity index (χ0n) is 22.2. The Labute approximate surface area is 225 Å². The highest BCUT2D eigenvalue weighted by Gasteiger charge is 2.35. The van der Waals surface area contributed by atoms with Gasteiger partial charge in [-0.2, -0.15) is 9.97 Å². The Balaban J connectivity index is 1.24. The Bertz CT molecular complexity index is 1380. The number of hydrogen-bond donors (Lipinski definition) is 1. The first-order valence-corrected chi connectivity index (χ1v) is 14.1. The number of hydrogen-bond acceptors (Lipinski definition) is 7. The molecule has 0 radical (unpaired) electrons. The van der Waals surface area contributed by atoms with Gasteiger partial charge in [-0.25, -0.2) is 0 Å². The molecule has 3 fully saturated rings. The van der Waals surface area contributed by atoms with Crippen LogP contribution in [-0.2, 0) is 13.0 Å². The fraction of sp³-hybridized carbons (Fsp3) is 0.484. The van der Waals surface area contributed by atoms with Crippen molar-refractivity contribution in [3.63, 3.8) is 0 Å². The van der Waals surface area contributed by atoms with Crippen molar-refractivity contribution in [3.8, 4) is 18.4 Å². The molecule has 4 aliphatic rings. The van der Waals surface area contributed by atoms with Gasteiger partial charge in [0, 0.05) is 60.0 Å². The molecule has 7 rings (SSSR count). The topological polar surface area (TPSA) is 56.8 Å². The van der Waals surface area contributed by atoms with Gasteiger partial charge in [-0.05, 0) is 63.2 Å². The molecule has 0 saturated carbocycles. The second-order valence-electron chi connectivity index (χ2n) is 11.4. The standard InChI is InChI=1S/C31H36N6O/c1-3-21-7-4-8-22-9-5-11-28(29(21)22)36-16-14-26-27(19-36)33-31(38-20-25-10-6-15-35(25)2)34-30(26)37-17-23-12-13-24(18-37)32-23/h1,4-5,7-9,11,23-25,32H,6,10,12-20H2,2H3/t23?,24?,25-/m0/s1. The van der Waals surface area contributed by atoms with Gasteiger partial charge in [-0.15, -0.1) is 6.42 Å². The molecule has 4 aliphatic heterocycles. The quantitative estimate of drug-likeness (QED) is 0.529. The lowest BCUT2D eigenvalue weighted by Gasteiger charge is -2.37. The first-order chi connectivity index (χ1) is 18.7. The van der Waals surface area contributed by atoms with Crippen LogP contribution in [0, 0.1) is 12.3 Å². The van der Waals surface area contributed by atoms with E-state index in [1.54, 1.807) is 0 Å². The summed E-state index contributed by atoms with van der Waals surface area (Å²) in [5.74, 6) is 3.99. The maximum Gasteiger partial charge on any atom is 0.318 e. The summed E-state index contributed by atoms with van der Waals surface area (Å²) in [6.07, 6.45) is 11.7. The summed E-state index contributed by atoms with van der Waals surface area (Å²) in [7, 11) is 2.18. The fourth-order valence-electron chi connectivity index (χ4n) is 6.96. The highest BCUT2D eigenvalue weighted by Crippen LogP contribution is 2.36. The van der Waals surface area contributed by atoms with Crippen LogP contribution < -0.4 is 19.9 Å². The average molecular weight is 509 g/mol. The lowest BCUT2D eigenvalue weighted by molar-refractivity contribution is 0.187. The SMILES string of the molecule is C#Cc1cccc2cccc(N3CCc4c(nc(OC[C@@H]5CCCN5C)nc4N4CC5CCC(C4)N5)C3)c12. The van der Waals surface area contributed by atoms with Crippen molar-refractivity contribution in [3.05, 3.63) is 53.2 Å².